The quantitative estimate of drug-likeness (QED) is 0.601. The Morgan fingerprint density at radius 3 is 2.82 bits per heavy atom. The van der Waals surface area contributed by atoms with Gasteiger partial charge in [-0.15, -0.1) is 5.10 Å². The Morgan fingerprint density at radius 2 is 2.09 bits per heavy atom. The van der Waals surface area contributed by atoms with Crippen molar-refractivity contribution in [2.45, 2.75) is 19.9 Å². The molecule has 0 aliphatic carbocycles. The van der Waals surface area contributed by atoms with E-state index in [2.05, 4.69) is 51.9 Å². The van der Waals surface area contributed by atoms with E-state index in [1.165, 1.54) is 11.1 Å². The summed E-state index contributed by atoms with van der Waals surface area (Å²) >= 11 is 5.19. The zero-order chi connectivity index (χ0) is 15.8. The van der Waals surface area contributed by atoms with Crippen LogP contribution >= 0.6 is 12.2 Å². The fourth-order valence-electron chi connectivity index (χ4n) is 1.87. The highest BCUT2D eigenvalue weighted by atomic mass is 32.1. The predicted molar refractivity (Wildman–Crippen MR) is 91.0 cm³/mol. The number of nitrogens with one attached hydrogen (secondary N) is 2. The summed E-state index contributed by atoms with van der Waals surface area (Å²) in [5, 5.41) is 10.9. The molecule has 0 unspecified atom stereocenters. The van der Waals surface area contributed by atoms with E-state index < -0.39 is 0 Å². The lowest BCUT2D eigenvalue weighted by atomic mass is 10.1. The molecule has 1 aromatic heterocycles. The molecule has 6 nitrogen and oxygen atoms in total. The molecule has 1 aromatic carbocycles. The van der Waals surface area contributed by atoms with Gasteiger partial charge in [0, 0.05) is 20.3 Å². The van der Waals surface area contributed by atoms with Crippen LogP contribution in [0.5, 0.6) is 0 Å². The highest BCUT2D eigenvalue weighted by Gasteiger charge is 2.03. The van der Waals surface area contributed by atoms with Gasteiger partial charge in [-0.25, -0.2) is 9.67 Å². The molecule has 7 heteroatoms. The van der Waals surface area contributed by atoms with Crippen LogP contribution in [0.15, 0.2) is 30.6 Å². The normalized spacial score (nSPS) is 10.5. The highest BCUT2D eigenvalue weighted by Crippen LogP contribution is 2.06. The number of benzene rings is 1. The lowest BCUT2D eigenvalue weighted by molar-refractivity contribution is 0.196. The van der Waals surface area contributed by atoms with Gasteiger partial charge in [-0.1, -0.05) is 29.8 Å². The Bertz CT molecular complexity index is 596. The lowest BCUT2D eigenvalue weighted by Crippen LogP contribution is -2.30. The van der Waals surface area contributed by atoms with Gasteiger partial charge in [0.05, 0.1) is 6.54 Å². The zero-order valence-electron chi connectivity index (χ0n) is 12.9. The number of nitrogens with zero attached hydrogens (tertiary/aromatic N) is 3. The molecule has 2 aromatic rings. The molecule has 0 bridgehead atoms. The Labute approximate surface area is 135 Å². The van der Waals surface area contributed by atoms with Gasteiger partial charge >= 0.3 is 0 Å². The fourth-order valence-corrected chi connectivity index (χ4v) is 2.07. The Balaban J connectivity index is 1.80. The minimum atomic E-state index is 0.497. The Morgan fingerprint density at radius 1 is 1.32 bits per heavy atom. The minimum absolute atomic E-state index is 0.497. The Hall–Kier alpha value is -1.99. The molecule has 0 spiro atoms. The van der Waals surface area contributed by atoms with Crippen molar-refractivity contribution in [2.75, 3.05) is 25.6 Å². The third-order valence-electron chi connectivity index (χ3n) is 3.04. The van der Waals surface area contributed by atoms with E-state index >= 15 is 0 Å². The summed E-state index contributed by atoms with van der Waals surface area (Å²) in [6.07, 6.45) is 2.59. The van der Waals surface area contributed by atoms with Crippen LogP contribution in [0.25, 0.3) is 0 Å². The second kappa shape index (κ2) is 8.45. The van der Waals surface area contributed by atoms with E-state index in [0.717, 1.165) is 13.0 Å². The average Bonchev–Trinajstić information content (AvgIpc) is 2.93. The van der Waals surface area contributed by atoms with Crippen LogP contribution < -0.4 is 10.6 Å². The monoisotopic (exact) mass is 319 g/mol. The summed E-state index contributed by atoms with van der Waals surface area (Å²) in [6.45, 7) is 4.22. The maximum absolute atomic E-state index is 5.19. The number of thiocarbonyl (C=S) groups is 1. The molecule has 2 rings (SSSR count). The molecule has 0 radical (unpaired) electrons. The molecule has 0 atom stereocenters. The molecular formula is C15H21N5OS. The van der Waals surface area contributed by atoms with Crippen LogP contribution in [0, 0.1) is 6.92 Å². The first-order chi connectivity index (χ1) is 10.7. The van der Waals surface area contributed by atoms with Crippen molar-refractivity contribution >= 4 is 23.3 Å². The number of ether oxygens (including phenoxy) is 1. The summed E-state index contributed by atoms with van der Waals surface area (Å²) in [5.41, 5.74) is 2.43. The molecule has 1 heterocycles. The molecule has 0 aliphatic rings. The van der Waals surface area contributed by atoms with Crippen LogP contribution in [0.2, 0.25) is 0 Å². The van der Waals surface area contributed by atoms with Crippen molar-refractivity contribution in [2.24, 2.45) is 0 Å². The van der Waals surface area contributed by atoms with Crippen molar-refractivity contribution in [1.29, 1.82) is 0 Å². The van der Waals surface area contributed by atoms with Gasteiger partial charge in [-0.2, -0.15) is 0 Å². The van der Waals surface area contributed by atoms with Gasteiger partial charge in [-0.3, -0.25) is 5.32 Å². The van der Waals surface area contributed by atoms with E-state index in [1.807, 2.05) is 0 Å². The van der Waals surface area contributed by atoms with Crippen molar-refractivity contribution in [3.63, 3.8) is 0 Å². The molecule has 118 valence electrons. The van der Waals surface area contributed by atoms with Gasteiger partial charge < -0.3 is 10.1 Å². The lowest BCUT2D eigenvalue weighted by Gasteiger charge is -2.07. The second-order valence-electron chi connectivity index (χ2n) is 4.98. The maximum atomic E-state index is 5.19. The van der Waals surface area contributed by atoms with Crippen LogP contribution in [0.3, 0.4) is 0 Å². The molecule has 0 saturated heterocycles. The third kappa shape index (κ3) is 5.42. The Kier molecular flexibility index (Phi) is 6.29. The molecule has 0 amide bonds. The van der Waals surface area contributed by atoms with Gasteiger partial charge in [0.1, 0.15) is 6.33 Å². The van der Waals surface area contributed by atoms with E-state index in [9.17, 15) is 0 Å². The summed E-state index contributed by atoms with van der Waals surface area (Å²) in [7, 11) is 1.68. The number of methoxy groups -OCH3 is 1. The number of aryl methyl sites for hydroxylation is 1. The first-order valence-electron chi connectivity index (χ1n) is 7.16. The van der Waals surface area contributed by atoms with Gasteiger partial charge in [0.25, 0.3) is 0 Å². The largest absolute Gasteiger partial charge is 0.385 e. The second-order valence-corrected chi connectivity index (χ2v) is 5.39. The van der Waals surface area contributed by atoms with Crippen molar-refractivity contribution in [1.82, 2.24) is 20.1 Å². The molecule has 0 fully saturated rings. The smallest absolute Gasteiger partial charge is 0.248 e. The van der Waals surface area contributed by atoms with Crippen molar-refractivity contribution < 1.29 is 4.74 Å². The molecule has 2 N–H and O–H groups in total. The molecular weight excluding hydrogens is 298 g/mol. The van der Waals surface area contributed by atoms with Crippen LogP contribution in [-0.4, -0.2) is 40.1 Å². The highest BCUT2D eigenvalue weighted by molar-refractivity contribution is 7.80. The standard InChI is InChI=1S/C15H21N5OS/c1-12-4-6-13(7-5-12)10-20-11-17-14(19-20)18-15(22)16-8-3-9-21-2/h4-7,11H,3,8-10H2,1-2H3,(H2,16,18,19,22). The van der Waals surface area contributed by atoms with Crippen LogP contribution in [-0.2, 0) is 11.3 Å². The number of anilines is 1. The third-order valence-corrected chi connectivity index (χ3v) is 3.28. The van der Waals surface area contributed by atoms with E-state index in [0.29, 0.717) is 24.2 Å². The minimum Gasteiger partial charge on any atom is -0.385 e. The average molecular weight is 319 g/mol. The number of hydrogen-bond acceptors (Lipinski definition) is 4. The summed E-state index contributed by atoms with van der Waals surface area (Å²) in [4.78, 5) is 4.20. The SMILES string of the molecule is COCCCNC(=S)Nc1ncn(Cc2ccc(C)cc2)n1. The van der Waals surface area contributed by atoms with Crippen LogP contribution in [0.4, 0.5) is 5.95 Å². The number of aromatic nitrogens is 3. The van der Waals surface area contributed by atoms with E-state index in [4.69, 9.17) is 17.0 Å². The number of hydrogen-bond donors (Lipinski definition) is 2. The first-order valence-corrected chi connectivity index (χ1v) is 7.57. The molecule has 22 heavy (non-hydrogen) atoms. The molecule has 0 aliphatic heterocycles. The first kappa shape index (κ1) is 16.4. The number of rotatable bonds is 7. The maximum Gasteiger partial charge on any atom is 0.248 e. The van der Waals surface area contributed by atoms with E-state index in [-0.39, 0.29) is 0 Å². The summed E-state index contributed by atoms with van der Waals surface area (Å²) < 4.78 is 6.76. The van der Waals surface area contributed by atoms with Crippen LogP contribution in [0.1, 0.15) is 17.5 Å². The topological polar surface area (TPSA) is 64.0 Å². The van der Waals surface area contributed by atoms with Crippen molar-refractivity contribution in [3.05, 3.63) is 41.7 Å². The van der Waals surface area contributed by atoms with Gasteiger partial charge in [0.2, 0.25) is 5.95 Å². The molecule has 0 saturated carbocycles. The van der Waals surface area contributed by atoms with Gasteiger partial charge in [0.15, 0.2) is 5.11 Å². The fraction of sp³-hybridized carbons (Fsp3) is 0.400. The predicted octanol–water partition coefficient (Wildman–Crippen LogP) is 1.96. The van der Waals surface area contributed by atoms with E-state index in [1.54, 1.807) is 18.1 Å². The zero-order valence-corrected chi connectivity index (χ0v) is 13.7. The summed E-state index contributed by atoms with van der Waals surface area (Å²) in [6, 6.07) is 8.35. The summed E-state index contributed by atoms with van der Waals surface area (Å²) in [5.74, 6) is 0.497. The van der Waals surface area contributed by atoms with Crippen molar-refractivity contribution in [3.8, 4) is 0 Å². The van der Waals surface area contributed by atoms with Gasteiger partial charge in [-0.05, 0) is 31.1 Å².